The molecule has 0 aliphatic rings. The zero-order chi connectivity index (χ0) is 28.6. The SMILES string of the molecule is COc1ccc(C(C(=O)N(C)C)n2cc(NC(=O)[C@@H](CCCc3ccccc3)NC(=O)C(C)(C)N)cn2)cc1. The number of aromatic nitrogens is 2. The molecule has 0 spiro atoms. The predicted molar refractivity (Wildman–Crippen MR) is 150 cm³/mol. The quantitative estimate of drug-likeness (QED) is 0.327. The van der Waals surface area contributed by atoms with Gasteiger partial charge in [-0.25, -0.2) is 0 Å². The molecule has 3 aromatic rings. The van der Waals surface area contributed by atoms with Crippen LogP contribution in [0.15, 0.2) is 67.0 Å². The zero-order valence-corrected chi connectivity index (χ0v) is 23.2. The minimum Gasteiger partial charge on any atom is -0.497 e. The minimum atomic E-state index is -1.14. The summed E-state index contributed by atoms with van der Waals surface area (Å²) in [6.45, 7) is 3.18. The van der Waals surface area contributed by atoms with Gasteiger partial charge in [-0.15, -0.1) is 0 Å². The van der Waals surface area contributed by atoms with Crippen LogP contribution >= 0.6 is 0 Å². The Morgan fingerprint density at radius 3 is 2.33 bits per heavy atom. The van der Waals surface area contributed by atoms with E-state index in [0.717, 1.165) is 12.0 Å². The average Bonchev–Trinajstić information content (AvgIpc) is 3.36. The van der Waals surface area contributed by atoms with Crippen molar-refractivity contribution in [1.29, 1.82) is 0 Å². The number of amides is 3. The van der Waals surface area contributed by atoms with Gasteiger partial charge in [0.05, 0.1) is 24.5 Å². The second-order valence-corrected chi connectivity index (χ2v) is 10.2. The smallest absolute Gasteiger partial charge is 0.251 e. The lowest BCUT2D eigenvalue weighted by Gasteiger charge is -2.24. The van der Waals surface area contributed by atoms with Crippen molar-refractivity contribution in [2.24, 2.45) is 5.73 Å². The molecule has 0 saturated heterocycles. The summed E-state index contributed by atoms with van der Waals surface area (Å²) in [6.07, 6.45) is 4.95. The number of ether oxygens (including phenoxy) is 1. The van der Waals surface area contributed by atoms with E-state index in [1.807, 2.05) is 30.3 Å². The lowest BCUT2D eigenvalue weighted by Crippen LogP contribution is -2.54. The van der Waals surface area contributed by atoms with Crippen molar-refractivity contribution in [1.82, 2.24) is 20.0 Å². The van der Waals surface area contributed by atoms with E-state index in [9.17, 15) is 14.4 Å². The van der Waals surface area contributed by atoms with Crippen LogP contribution in [0.2, 0.25) is 0 Å². The van der Waals surface area contributed by atoms with E-state index in [4.69, 9.17) is 10.5 Å². The minimum absolute atomic E-state index is 0.183. The Hall–Kier alpha value is -4.18. The normalized spacial score (nSPS) is 12.8. The molecule has 39 heavy (non-hydrogen) atoms. The van der Waals surface area contributed by atoms with Crippen molar-refractivity contribution in [3.05, 3.63) is 78.1 Å². The first-order chi connectivity index (χ1) is 18.5. The molecule has 0 saturated carbocycles. The van der Waals surface area contributed by atoms with Crippen LogP contribution in [0.4, 0.5) is 5.69 Å². The Bertz CT molecular complexity index is 1250. The molecule has 2 aromatic carbocycles. The monoisotopic (exact) mass is 534 g/mol. The van der Waals surface area contributed by atoms with Crippen LogP contribution in [0, 0.1) is 0 Å². The summed E-state index contributed by atoms with van der Waals surface area (Å²) in [4.78, 5) is 40.5. The van der Waals surface area contributed by atoms with E-state index >= 15 is 0 Å². The number of aryl methyl sites for hydroxylation is 1. The summed E-state index contributed by atoms with van der Waals surface area (Å²) in [5, 5.41) is 9.99. The number of hydrogen-bond acceptors (Lipinski definition) is 6. The fraction of sp³-hybridized carbons (Fsp3) is 0.379. The fourth-order valence-corrected chi connectivity index (χ4v) is 3.98. The third kappa shape index (κ3) is 8.15. The molecule has 3 rings (SSSR count). The van der Waals surface area contributed by atoms with E-state index in [1.54, 1.807) is 65.5 Å². The van der Waals surface area contributed by atoms with Crippen LogP contribution in [-0.2, 0) is 20.8 Å². The number of rotatable bonds is 12. The van der Waals surface area contributed by atoms with Crippen LogP contribution < -0.4 is 21.1 Å². The molecule has 1 aromatic heterocycles. The molecule has 3 amide bonds. The van der Waals surface area contributed by atoms with Gasteiger partial charge in [0.25, 0.3) is 5.91 Å². The van der Waals surface area contributed by atoms with Crippen LogP contribution in [0.5, 0.6) is 5.75 Å². The van der Waals surface area contributed by atoms with Gasteiger partial charge in [0, 0.05) is 20.3 Å². The topological polar surface area (TPSA) is 132 Å². The molecule has 0 fully saturated rings. The maximum absolute atomic E-state index is 13.3. The molecule has 1 heterocycles. The van der Waals surface area contributed by atoms with Crippen molar-refractivity contribution in [3.63, 3.8) is 0 Å². The number of hydrogen-bond donors (Lipinski definition) is 3. The van der Waals surface area contributed by atoms with Gasteiger partial charge in [-0.2, -0.15) is 5.10 Å². The van der Waals surface area contributed by atoms with Gasteiger partial charge >= 0.3 is 0 Å². The van der Waals surface area contributed by atoms with Gasteiger partial charge in [-0.3, -0.25) is 19.1 Å². The zero-order valence-electron chi connectivity index (χ0n) is 23.2. The molecule has 0 aliphatic carbocycles. The van der Waals surface area contributed by atoms with E-state index in [1.165, 1.54) is 15.8 Å². The summed E-state index contributed by atoms with van der Waals surface area (Å²) in [7, 11) is 4.92. The molecule has 0 radical (unpaired) electrons. The first-order valence-electron chi connectivity index (χ1n) is 12.8. The number of benzene rings is 2. The van der Waals surface area contributed by atoms with Crippen molar-refractivity contribution in [2.45, 2.75) is 50.7 Å². The predicted octanol–water partition coefficient (Wildman–Crippen LogP) is 2.75. The third-order valence-electron chi connectivity index (χ3n) is 6.25. The van der Waals surface area contributed by atoms with Crippen LogP contribution in [0.25, 0.3) is 0 Å². The van der Waals surface area contributed by atoms with Crippen molar-refractivity contribution in [3.8, 4) is 5.75 Å². The summed E-state index contributed by atoms with van der Waals surface area (Å²) >= 11 is 0. The third-order valence-corrected chi connectivity index (χ3v) is 6.25. The summed E-state index contributed by atoms with van der Waals surface area (Å²) < 4.78 is 6.74. The Balaban J connectivity index is 1.77. The largest absolute Gasteiger partial charge is 0.497 e. The van der Waals surface area contributed by atoms with Crippen LogP contribution in [-0.4, -0.2) is 65.2 Å². The maximum atomic E-state index is 13.3. The number of carbonyl (C=O) groups excluding carboxylic acids is 3. The highest BCUT2D eigenvalue weighted by Crippen LogP contribution is 2.24. The Kier molecular flexibility index (Phi) is 9.84. The van der Waals surface area contributed by atoms with Crippen molar-refractivity contribution in [2.75, 3.05) is 26.5 Å². The van der Waals surface area contributed by atoms with E-state index in [0.29, 0.717) is 29.8 Å². The Labute approximate surface area is 229 Å². The highest BCUT2D eigenvalue weighted by molar-refractivity contribution is 5.98. The number of nitrogens with two attached hydrogens (primary N) is 1. The summed E-state index contributed by atoms with van der Waals surface area (Å²) in [6, 6.07) is 15.6. The highest BCUT2D eigenvalue weighted by Gasteiger charge is 2.29. The van der Waals surface area contributed by atoms with E-state index in [-0.39, 0.29) is 11.8 Å². The van der Waals surface area contributed by atoms with Crippen LogP contribution in [0.3, 0.4) is 0 Å². The van der Waals surface area contributed by atoms with Gasteiger partial charge in [0.2, 0.25) is 11.8 Å². The first kappa shape index (κ1) is 29.4. The highest BCUT2D eigenvalue weighted by atomic mass is 16.5. The molecular formula is C29H38N6O4. The number of methoxy groups -OCH3 is 1. The standard InChI is InChI=1S/C29H38N6O4/c1-29(2,30)28(38)33-24(13-9-12-20-10-7-6-8-11-20)26(36)32-22-18-31-35(19-22)25(27(37)34(3)4)21-14-16-23(39-5)17-15-21/h6-8,10-11,14-19,24-25H,9,12-13,30H2,1-5H3,(H,32,36)(H,33,38)/t24-,25?/m1/s1. The number of nitrogens with one attached hydrogen (secondary N) is 2. The second kappa shape index (κ2) is 13.1. The van der Waals surface area contributed by atoms with Crippen molar-refractivity contribution < 1.29 is 19.1 Å². The molecular weight excluding hydrogens is 496 g/mol. The molecule has 0 aliphatic heterocycles. The number of nitrogens with zero attached hydrogens (tertiary/aromatic N) is 3. The number of carbonyl (C=O) groups is 3. The molecule has 208 valence electrons. The maximum Gasteiger partial charge on any atom is 0.251 e. The fourth-order valence-electron chi connectivity index (χ4n) is 3.98. The van der Waals surface area contributed by atoms with E-state index in [2.05, 4.69) is 15.7 Å². The molecule has 2 atom stereocenters. The molecule has 10 nitrogen and oxygen atoms in total. The van der Waals surface area contributed by atoms with Gasteiger partial charge in [-0.05, 0) is 56.4 Å². The van der Waals surface area contributed by atoms with Crippen LogP contribution in [0.1, 0.15) is 43.9 Å². The Morgan fingerprint density at radius 2 is 1.74 bits per heavy atom. The summed E-state index contributed by atoms with van der Waals surface area (Å²) in [5.74, 6) is -0.323. The lowest BCUT2D eigenvalue weighted by atomic mass is 10.0. The Morgan fingerprint density at radius 1 is 1.08 bits per heavy atom. The first-order valence-corrected chi connectivity index (χ1v) is 12.8. The van der Waals surface area contributed by atoms with Gasteiger partial charge in [0.1, 0.15) is 11.8 Å². The molecule has 10 heteroatoms. The van der Waals surface area contributed by atoms with E-state index < -0.39 is 23.5 Å². The number of likely N-dealkylation sites (N-methyl/N-ethyl adjacent to an activating group) is 1. The van der Waals surface area contributed by atoms with Gasteiger partial charge in [0.15, 0.2) is 6.04 Å². The van der Waals surface area contributed by atoms with Gasteiger partial charge in [-0.1, -0.05) is 42.5 Å². The van der Waals surface area contributed by atoms with Crippen molar-refractivity contribution >= 4 is 23.4 Å². The number of anilines is 1. The molecule has 4 N–H and O–H groups in total. The lowest BCUT2D eigenvalue weighted by molar-refractivity contribution is -0.131. The average molecular weight is 535 g/mol. The van der Waals surface area contributed by atoms with Gasteiger partial charge < -0.3 is 26.0 Å². The second-order valence-electron chi connectivity index (χ2n) is 10.2. The molecule has 0 bridgehead atoms. The summed E-state index contributed by atoms with van der Waals surface area (Å²) in [5.41, 5.74) is 7.09. The molecule has 1 unspecified atom stereocenters.